The number of likely N-dealkylation sites (N-methyl/N-ethyl adjacent to an activating group) is 1. The van der Waals surface area contributed by atoms with Crippen LogP contribution < -0.4 is 0 Å². The van der Waals surface area contributed by atoms with Crippen molar-refractivity contribution in [3.63, 3.8) is 0 Å². The molecule has 1 N–H and O–H groups in total. The molecule has 0 spiro atoms. The third-order valence-corrected chi connectivity index (χ3v) is 3.16. The van der Waals surface area contributed by atoms with Crippen LogP contribution in [0.25, 0.3) is 0 Å². The molecule has 0 aliphatic carbocycles. The second-order valence-electron chi connectivity index (χ2n) is 5.21. The number of rotatable bonds is 8. The molecule has 2 rings (SSSR count). The van der Waals surface area contributed by atoms with Crippen molar-refractivity contribution in [1.29, 1.82) is 0 Å². The summed E-state index contributed by atoms with van der Waals surface area (Å²) in [5.41, 5.74) is 1.11. The highest BCUT2D eigenvalue weighted by Gasteiger charge is 2.11. The molecule has 0 bridgehead atoms. The van der Waals surface area contributed by atoms with Crippen molar-refractivity contribution in [3.05, 3.63) is 48.0 Å². The van der Waals surface area contributed by atoms with Gasteiger partial charge in [0, 0.05) is 13.6 Å². The van der Waals surface area contributed by atoms with Gasteiger partial charge in [0.2, 0.25) is 0 Å². The predicted octanol–water partition coefficient (Wildman–Crippen LogP) is 0.825. The van der Waals surface area contributed by atoms with Gasteiger partial charge in [0.25, 0.3) is 0 Å². The molecule has 0 aliphatic heterocycles. The smallest absolute Gasteiger partial charge is 0.146 e. The highest BCUT2D eigenvalue weighted by molar-refractivity contribution is 5.13. The molecule has 1 aromatic carbocycles. The summed E-state index contributed by atoms with van der Waals surface area (Å²) in [7, 11) is 3.84. The number of hydrogen-bond acceptors (Lipinski definition) is 5. The first-order chi connectivity index (χ1) is 10.1. The Bertz CT molecular complexity index is 529. The molecule has 1 atom stereocenters. The number of benzene rings is 1. The molecule has 0 radical (unpaired) electrons. The number of aryl methyl sites for hydroxylation is 1. The zero-order valence-corrected chi connectivity index (χ0v) is 12.5. The van der Waals surface area contributed by atoms with Crippen molar-refractivity contribution in [2.45, 2.75) is 19.3 Å². The lowest BCUT2D eigenvalue weighted by Gasteiger charge is -2.20. The fourth-order valence-electron chi connectivity index (χ4n) is 2.06. The van der Waals surface area contributed by atoms with E-state index in [2.05, 4.69) is 10.2 Å². The fraction of sp³-hybridized carbons (Fsp3) is 0.467. The minimum Gasteiger partial charge on any atom is -0.389 e. The van der Waals surface area contributed by atoms with E-state index < -0.39 is 6.10 Å². The Morgan fingerprint density at radius 3 is 2.76 bits per heavy atom. The van der Waals surface area contributed by atoms with Crippen LogP contribution in [0, 0.1) is 0 Å². The van der Waals surface area contributed by atoms with Gasteiger partial charge in [0.1, 0.15) is 12.2 Å². The first-order valence-corrected chi connectivity index (χ1v) is 6.96. The molecular weight excluding hydrogens is 268 g/mol. The number of aliphatic hydroxyl groups is 1. The largest absolute Gasteiger partial charge is 0.389 e. The first kappa shape index (κ1) is 15.6. The molecule has 0 aliphatic rings. The summed E-state index contributed by atoms with van der Waals surface area (Å²) in [5, 5.41) is 17.8. The van der Waals surface area contributed by atoms with E-state index in [1.807, 2.05) is 53.9 Å². The zero-order valence-electron chi connectivity index (χ0n) is 12.5. The highest BCUT2D eigenvalue weighted by atomic mass is 16.5. The van der Waals surface area contributed by atoms with Crippen molar-refractivity contribution in [2.75, 3.05) is 20.2 Å². The third kappa shape index (κ3) is 5.26. The van der Waals surface area contributed by atoms with Crippen LogP contribution in [-0.4, -0.2) is 51.1 Å². The normalized spacial score (nSPS) is 12.8. The Morgan fingerprint density at radius 2 is 2.10 bits per heavy atom. The predicted molar refractivity (Wildman–Crippen MR) is 79.4 cm³/mol. The number of nitrogens with zero attached hydrogens (tertiary/aromatic N) is 4. The monoisotopic (exact) mass is 290 g/mol. The Hall–Kier alpha value is -1.76. The van der Waals surface area contributed by atoms with Gasteiger partial charge in [-0.2, -0.15) is 0 Å². The van der Waals surface area contributed by atoms with Gasteiger partial charge >= 0.3 is 0 Å². The van der Waals surface area contributed by atoms with Crippen LogP contribution in [0.4, 0.5) is 0 Å². The van der Waals surface area contributed by atoms with Gasteiger partial charge in [-0.1, -0.05) is 30.3 Å². The minimum absolute atomic E-state index is 0.318. The molecule has 114 valence electrons. The average molecular weight is 290 g/mol. The van der Waals surface area contributed by atoms with Crippen molar-refractivity contribution >= 4 is 0 Å². The van der Waals surface area contributed by atoms with Crippen molar-refractivity contribution in [3.8, 4) is 0 Å². The van der Waals surface area contributed by atoms with Gasteiger partial charge in [-0.3, -0.25) is 4.90 Å². The van der Waals surface area contributed by atoms with Crippen molar-refractivity contribution in [2.24, 2.45) is 7.05 Å². The molecule has 6 nitrogen and oxygen atoms in total. The number of aromatic nitrogens is 3. The maximum atomic E-state index is 9.99. The summed E-state index contributed by atoms with van der Waals surface area (Å²) < 4.78 is 7.40. The second-order valence-corrected chi connectivity index (χ2v) is 5.21. The van der Waals surface area contributed by atoms with E-state index in [0.29, 0.717) is 26.3 Å². The summed E-state index contributed by atoms with van der Waals surface area (Å²) in [6, 6.07) is 9.94. The molecule has 0 saturated heterocycles. The van der Waals surface area contributed by atoms with Crippen LogP contribution in [0.1, 0.15) is 11.4 Å². The van der Waals surface area contributed by atoms with Gasteiger partial charge in [-0.25, -0.2) is 0 Å². The molecule has 1 aromatic heterocycles. The van der Waals surface area contributed by atoms with Gasteiger partial charge in [0.15, 0.2) is 0 Å². The van der Waals surface area contributed by atoms with Crippen molar-refractivity contribution in [1.82, 2.24) is 19.7 Å². The maximum absolute atomic E-state index is 9.99. The third-order valence-electron chi connectivity index (χ3n) is 3.16. The van der Waals surface area contributed by atoms with Crippen LogP contribution >= 0.6 is 0 Å². The molecule has 0 saturated carbocycles. The van der Waals surface area contributed by atoms with Gasteiger partial charge in [0.05, 0.1) is 25.9 Å². The molecule has 0 amide bonds. The number of hydrogen-bond donors (Lipinski definition) is 1. The Balaban J connectivity index is 1.67. The molecule has 2 aromatic rings. The molecule has 21 heavy (non-hydrogen) atoms. The van der Waals surface area contributed by atoms with Crippen LogP contribution in [-0.2, 0) is 24.9 Å². The zero-order chi connectivity index (χ0) is 15.1. The highest BCUT2D eigenvalue weighted by Crippen LogP contribution is 2.03. The van der Waals surface area contributed by atoms with Crippen LogP contribution in [0.2, 0.25) is 0 Å². The quantitative estimate of drug-likeness (QED) is 0.780. The topological polar surface area (TPSA) is 63.4 Å². The lowest BCUT2D eigenvalue weighted by Crippen LogP contribution is -2.32. The molecule has 1 heterocycles. The average Bonchev–Trinajstić information content (AvgIpc) is 2.85. The van der Waals surface area contributed by atoms with E-state index in [4.69, 9.17) is 4.74 Å². The van der Waals surface area contributed by atoms with Gasteiger partial charge in [-0.05, 0) is 12.6 Å². The summed E-state index contributed by atoms with van der Waals surface area (Å²) in [5.74, 6) is 0.870. The molecule has 6 heteroatoms. The number of aliphatic hydroxyl groups excluding tert-OH is 1. The summed E-state index contributed by atoms with van der Waals surface area (Å²) in [6.07, 6.45) is 1.15. The van der Waals surface area contributed by atoms with Gasteiger partial charge in [-0.15, -0.1) is 10.2 Å². The molecule has 1 unspecified atom stereocenters. The summed E-state index contributed by atoms with van der Waals surface area (Å²) in [4.78, 5) is 2.00. The van der Waals surface area contributed by atoms with Crippen LogP contribution in [0.3, 0.4) is 0 Å². The van der Waals surface area contributed by atoms with Crippen LogP contribution in [0.15, 0.2) is 36.7 Å². The summed E-state index contributed by atoms with van der Waals surface area (Å²) in [6.45, 7) is 2.01. The summed E-state index contributed by atoms with van der Waals surface area (Å²) >= 11 is 0. The Kier molecular flexibility index (Phi) is 5.86. The van der Waals surface area contributed by atoms with Crippen molar-refractivity contribution < 1.29 is 9.84 Å². The molecule has 0 fully saturated rings. The van der Waals surface area contributed by atoms with E-state index in [1.165, 1.54) is 0 Å². The van der Waals surface area contributed by atoms with E-state index in [-0.39, 0.29) is 0 Å². The minimum atomic E-state index is -0.521. The fourth-order valence-corrected chi connectivity index (χ4v) is 2.06. The maximum Gasteiger partial charge on any atom is 0.146 e. The second kappa shape index (κ2) is 7.87. The first-order valence-electron chi connectivity index (χ1n) is 6.96. The van der Waals surface area contributed by atoms with E-state index in [0.717, 1.165) is 11.4 Å². The van der Waals surface area contributed by atoms with E-state index in [9.17, 15) is 5.11 Å². The SMILES string of the molecule is CN(Cc1nncn1C)CC(O)COCc1ccccc1. The van der Waals surface area contributed by atoms with Crippen LogP contribution in [0.5, 0.6) is 0 Å². The lowest BCUT2D eigenvalue weighted by atomic mass is 10.2. The standard InChI is InChI=1S/C15H22N4O2/c1-18(9-15-17-16-12-19(15)2)8-14(20)11-21-10-13-6-4-3-5-7-13/h3-7,12,14,20H,8-11H2,1-2H3. The number of ether oxygens (including phenoxy) is 1. The van der Waals surface area contributed by atoms with E-state index >= 15 is 0 Å². The Morgan fingerprint density at radius 1 is 1.33 bits per heavy atom. The lowest BCUT2D eigenvalue weighted by molar-refractivity contribution is 0.0123. The van der Waals surface area contributed by atoms with Gasteiger partial charge < -0.3 is 14.4 Å². The Labute approximate surface area is 125 Å². The molecular formula is C15H22N4O2. The van der Waals surface area contributed by atoms with E-state index in [1.54, 1.807) is 6.33 Å².